The summed E-state index contributed by atoms with van der Waals surface area (Å²) in [6.07, 6.45) is 1.81. The molecule has 1 aromatic heterocycles. The molecule has 1 aromatic carbocycles. The van der Waals surface area contributed by atoms with Crippen molar-refractivity contribution in [2.24, 2.45) is 0 Å². The Morgan fingerprint density at radius 3 is 2.80 bits per heavy atom. The van der Waals surface area contributed by atoms with E-state index in [1.807, 2.05) is 12.3 Å². The minimum Gasteiger partial charge on any atom is -0.368 e. The summed E-state index contributed by atoms with van der Waals surface area (Å²) in [5, 5.41) is 19.0. The van der Waals surface area contributed by atoms with Crippen LogP contribution in [0.15, 0.2) is 24.4 Å². The second-order valence-corrected chi connectivity index (χ2v) is 3.73. The summed E-state index contributed by atoms with van der Waals surface area (Å²) < 4.78 is 0. The number of hydrogen-bond acceptors (Lipinski definition) is 2. The van der Waals surface area contributed by atoms with E-state index in [9.17, 15) is 0 Å². The zero-order valence-electron chi connectivity index (χ0n) is 8.70. The SMILES string of the molecule is CCc1ccc2[nH]cc(CC(O)O)c2c1. The van der Waals surface area contributed by atoms with Gasteiger partial charge in [0.05, 0.1) is 0 Å². The van der Waals surface area contributed by atoms with Gasteiger partial charge in [-0.05, 0) is 29.7 Å². The van der Waals surface area contributed by atoms with Crippen molar-refractivity contribution in [1.29, 1.82) is 0 Å². The zero-order valence-corrected chi connectivity index (χ0v) is 8.70. The van der Waals surface area contributed by atoms with Crippen LogP contribution < -0.4 is 0 Å². The summed E-state index contributed by atoms with van der Waals surface area (Å²) in [7, 11) is 0. The Morgan fingerprint density at radius 1 is 1.33 bits per heavy atom. The van der Waals surface area contributed by atoms with E-state index in [4.69, 9.17) is 10.2 Å². The summed E-state index contributed by atoms with van der Waals surface area (Å²) in [5.74, 6) is 0. The van der Waals surface area contributed by atoms with Crippen molar-refractivity contribution in [3.05, 3.63) is 35.5 Å². The molecule has 0 aliphatic heterocycles. The number of aliphatic hydroxyl groups excluding tert-OH is 1. The van der Waals surface area contributed by atoms with Crippen LogP contribution in [0.25, 0.3) is 10.9 Å². The summed E-state index contributed by atoms with van der Waals surface area (Å²) in [5.41, 5.74) is 3.26. The molecule has 0 unspecified atom stereocenters. The van der Waals surface area contributed by atoms with E-state index in [1.54, 1.807) is 0 Å². The molecule has 15 heavy (non-hydrogen) atoms. The number of aliphatic hydroxyl groups is 2. The third-order valence-electron chi connectivity index (χ3n) is 2.64. The van der Waals surface area contributed by atoms with Crippen molar-refractivity contribution in [2.75, 3.05) is 0 Å². The third-order valence-corrected chi connectivity index (χ3v) is 2.64. The Balaban J connectivity index is 2.46. The van der Waals surface area contributed by atoms with Gasteiger partial charge in [0.1, 0.15) is 0 Å². The second-order valence-electron chi connectivity index (χ2n) is 3.73. The second kappa shape index (κ2) is 4.04. The Morgan fingerprint density at radius 2 is 2.13 bits per heavy atom. The first-order valence-corrected chi connectivity index (χ1v) is 5.15. The van der Waals surface area contributed by atoms with Crippen LogP contribution in [-0.2, 0) is 12.8 Å². The summed E-state index contributed by atoms with van der Waals surface area (Å²) in [4.78, 5) is 3.12. The van der Waals surface area contributed by atoms with Crippen LogP contribution in [0.3, 0.4) is 0 Å². The molecule has 0 atom stereocenters. The minimum atomic E-state index is -1.28. The van der Waals surface area contributed by atoms with Crippen molar-refractivity contribution in [2.45, 2.75) is 26.1 Å². The van der Waals surface area contributed by atoms with Crippen molar-refractivity contribution < 1.29 is 10.2 Å². The molecule has 0 aliphatic carbocycles. The van der Waals surface area contributed by atoms with Crippen molar-refractivity contribution in [3.63, 3.8) is 0 Å². The van der Waals surface area contributed by atoms with Crippen molar-refractivity contribution >= 4 is 10.9 Å². The number of fused-ring (bicyclic) bond motifs is 1. The Bertz CT molecular complexity index is 460. The molecule has 0 saturated heterocycles. The molecule has 0 amide bonds. The molecule has 2 rings (SSSR count). The molecule has 80 valence electrons. The van der Waals surface area contributed by atoms with E-state index in [0.29, 0.717) is 0 Å². The van der Waals surface area contributed by atoms with E-state index >= 15 is 0 Å². The number of benzene rings is 1. The molecule has 1 heterocycles. The molecule has 3 nitrogen and oxygen atoms in total. The largest absolute Gasteiger partial charge is 0.368 e. The molecule has 3 N–H and O–H groups in total. The predicted molar refractivity (Wildman–Crippen MR) is 59.6 cm³/mol. The van der Waals surface area contributed by atoms with Crippen LogP contribution >= 0.6 is 0 Å². The van der Waals surface area contributed by atoms with Gasteiger partial charge in [0.25, 0.3) is 0 Å². The van der Waals surface area contributed by atoms with Crippen molar-refractivity contribution in [3.8, 4) is 0 Å². The molecule has 0 radical (unpaired) electrons. The van der Waals surface area contributed by atoms with Crippen LogP contribution in [-0.4, -0.2) is 21.5 Å². The standard InChI is InChI=1S/C12H15NO2/c1-2-8-3-4-11-10(5-8)9(7-13-11)6-12(14)15/h3-5,7,12-15H,2,6H2,1H3. The molecule has 0 spiro atoms. The smallest absolute Gasteiger partial charge is 0.155 e. The maximum Gasteiger partial charge on any atom is 0.155 e. The molecular weight excluding hydrogens is 190 g/mol. The fraction of sp³-hybridized carbons (Fsp3) is 0.333. The first-order chi connectivity index (χ1) is 7.20. The highest BCUT2D eigenvalue weighted by Crippen LogP contribution is 2.21. The van der Waals surface area contributed by atoms with Crippen LogP contribution in [0.4, 0.5) is 0 Å². The molecular formula is C12H15NO2. The van der Waals surface area contributed by atoms with E-state index < -0.39 is 6.29 Å². The van der Waals surface area contributed by atoms with Gasteiger partial charge in [-0.3, -0.25) is 0 Å². The lowest BCUT2D eigenvalue weighted by Gasteiger charge is -2.02. The number of aromatic amines is 1. The number of aromatic nitrogens is 1. The highest BCUT2D eigenvalue weighted by Gasteiger charge is 2.07. The molecule has 0 saturated carbocycles. The van der Waals surface area contributed by atoms with Gasteiger partial charge in [-0.1, -0.05) is 13.0 Å². The molecule has 3 heteroatoms. The summed E-state index contributed by atoms with van der Waals surface area (Å²) >= 11 is 0. The Labute approximate surface area is 88.4 Å². The van der Waals surface area contributed by atoms with E-state index in [1.165, 1.54) is 5.56 Å². The van der Waals surface area contributed by atoms with Crippen LogP contribution in [0.5, 0.6) is 0 Å². The van der Waals surface area contributed by atoms with E-state index in [2.05, 4.69) is 24.0 Å². The highest BCUT2D eigenvalue weighted by atomic mass is 16.5. The first-order valence-electron chi connectivity index (χ1n) is 5.15. The lowest BCUT2D eigenvalue weighted by molar-refractivity contribution is -0.0379. The lowest BCUT2D eigenvalue weighted by atomic mass is 10.1. The predicted octanol–water partition coefficient (Wildman–Crippen LogP) is 1.58. The number of aryl methyl sites for hydroxylation is 1. The molecule has 2 aromatic rings. The Hall–Kier alpha value is -1.32. The number of rotatable bonds is 3. The van der Waals surface area contributed by atoms with Crippen LogP contribution in [0, 0.1) is 0 Å². The summed E-state index contributed by atoms with van der Waals surface area (Å²) in [6, 6.07) is 6.21. The molecule has 0 bridgehead atoms. The molecule has 0 fully saturated rings. The van der Waals surface area contributed by atoms with Gasteiger partial charge < -0.3 is 15.2 Å². The average Bonchev–Trinajstić information content (AvgIpc) is 2.60. The van der Waals surface area contributed by atoms with Gasteiger partial charge in [0.15, 0.2) is 6.29 Å². The maximum atomic E-state index is 8.95. The zero-order chi connectivity index (χ0) is 10.8. The molecule has 0 aliphatic rings. The lowest BCUT2D eigenvalue weighted by Crippen LogP contribution is -2.07. The van der Waals surface area contributed by atoms with Crippen LogP contribution in [0.2, 0.25) is 0 Å². The van der Waals surface area contributed by atoms with Gasteiger partial charge in [-0.2, -0.15) is 0 Å². The van der Waals surface area contributed by atoms with Gasteiger partial charge >= 0.3 is 0 Å². The average molecular weight is 205 g/mol. The Kier molecular flexibility index (Phi) is 2.75. The number of hydrogen-bond donors (Lipinski definition) is 3. The third kappa shape index (κ3) is 2.03. The topological polar surface area (TPSA) is 56.2 Å². The van der Waals surface area contributed by atoms with Gasteiger partial charge in [0, 0.05) is 23.5 Å². The highest BCUT2D eigenvalue weighted by molar-refractivity contribution is 5.83. The van der Waals surface area contributed by atoms with Gasteiger partial charge in [-0.15, -0.1) is 0 Å². The normalized spacial score (nSPS) is 11.5. The van der Waals surface area contributed by atoms with Crippen LogP contribution in [0.1, 0.15) is 18.1 Å². The summed E-state index contributed by atoms with van der Waals surface area (Å²) in [6.45, 7) is 2.11. The van der Waals surface area contributed by atoms with Gasteiger partial charge in [0.2, 0.25) is 0 Å². The number of nitrogens with one attached hydrogen (secondary N) is 1. The maximum absolute atomic E-state index is 8.95. The minimum absolute atomic E-state index is 0.271. The van der Waals surface area contributed by atoms with E-state index in [0.717, 1.165) is 22.9 Å². The van der Waals surface area contributed by atoms with Gasteiger partial charge in [-0.25, -0.2) is 0 Å². The van der Waals surface area contributed by atoms with Crippen molar-refractivity contribution in [1.82, 2.24) is 4.98 Å². The monoisotopic (exact) mass is 205 g/mol. The quantitative estimate of drug-likeness (QED) is 0.666. The fourth-order valence-corrected chi connectivity index (χ4v) is 1.81. The first kappa shape index (κ1) is 10.2. The number of H-pyrrole nitrogens is 1. The van der Waals surface area contributed by atoms with E-state index in [-0.39, 0.29) is 6.42 Å². The fourth-order valence-electron chi connectivity index (χ4n) is 1.81.